The largest absolute Gasteiger partial charge is 0.0651 e. The summed E-state index contributed by atoms with van der Waals surface area (Å²) in [4.78, 5) is 0. The van der Waals surface area contributed by atoms with Crippen molar-refractivity contribution in [3.63, 3.8) is 0 Å². The minimum absolute atomic E-state index is 0.613. The Morgan fingerprint density at radius 2 is 1.60 bits per heavy atom. The van der Waals surface area contributed by atoms with Crippen LogP contribution in [0.5, 0.6) is 0 Å². The third-order valence-electron chi connectivity index (χ3n) is 15.9. The molecule has 9 aliphatic carbocycles. The van der Waals surface area contributed by atoms with Gasteiger partial charge in [0.05, 0.1) is 0 Å². The highest BCUT2D eigenvalue weighted by atomic mass is 15.0. The highest BCUT2D eigenvalue weighted by Gasteiger charge is 2.99. The fraction of sp³-hybridized carbons (Fsp3) is 1.00. The molecule has 0 aromatic carbocycles. The summed E-state index contributed by atoms with van der Waals surface area (Å²) in [6.45, 7) is 19.0. The summed E-state index contributed by atoms with van der Waals surface area (Å²) in [6.07, 6.45) is 9.42. The maximum absolute atomic E-state index is 2.79. The molecule has 0 aromatic rings. The third kappa shape index (κ3) is 1.29. The number of hydrogen-bond acceptors (Lipinski definition) is 0. The predicted octanol–water partition coefficient (Wildman–Crippen LogP) is 7.53. The van der Waals surface area contributed by atoms with Gasteiger partial charge in [0.1, 0.15) is 0 Å². The summed E-state index contributed by atoms with van der Waals surface area (Å²) in [6, 6.07) is 0. The standard InChI is InChI=1S/C30H46/c1-8-14(2)29-25-18-11-17-10-9-15(3)28(17,7)13-19(18)26(29)22-21-12-20-16(4)24(23(22)25)30(21,29)27(20,5)6/h14-26H,8-13H2,1-7H3. The molecule has 30 heavy (non-hydrogen) atoms. The molecule has 0 heterocycles. The van der Waals surface area contributed by atoms with Gasteiger partial charge in [-0.05, 0) is 131 Å². The Bertz CT molecular complexity index is 839. The molecule has 16 atom stereocenters. The van der Waals surface area contributed by atoms with Gasteiger partial charge in [-0.15, -0.1) is 0 Å². The van der Waals surface area contributed by atoms with E-state index >= 15 is 0 Å². The van der Waals surface area contributed by atoms with Crippen molar-refractivity contribution < 1.29 is 0 Å². The molecule has 9 aliphatic rings. The molecule has 166 valence electrons. The molecule has 9 rings (SSSR count). The number of fused-ring (bicyclic) bond motifs is 3. The summed E-state index contributed by atoms with van der Waals surface area (Å²) in [5.74, 6) is 14.1. The van der Waals surface area contributed by atoms with Crippen LogP contribution < -0.4 is 0 Å². The molecule has 0 nitrogen and oxygen atoms in total. The van der Waals surface area contributed by atoms with E-state index in [0.29, 0.717) is 10.8 Å². The van der Waals surface area contributed by atoms with Gasteiger partial charge in [-0.1, -0.05) is 54.9 Å². The smallest absolute Gasteiger partial charge is 0.0114 e. The SMILES string of the molecule is CCC(C)C12C3C4CC5(C)C(C)CCC5CC4C1C1C3C3CC4C(C)C1C32C4(C)C. The first-order valence-electron chi connectivity index (χ1n) is 14.2. The van der Waals surface area contributed by atoms with E-state index in [1.165, 1.54) is 12.8 Å². The van der Waals surface area contributed by atoms with Crippen LogP contribution in [0.2, 0.25) is 0 Å². The lowest BCUT2D eigenvalue weighted by Gasteiger charge is -2.55. The van der Waals surface area contributed by atoms with Crippen molar-refractivity contribution in [2.24, 2.45) is 98.6 Å². The van der Waals surface area contributed by atoms with Crippen LogP contribution in [0.1, 0.15) is 87.0 Å². The Hall–Kier alpha value is 0. The van der Waals surface area contributed by atoms with Gasteiger partial charge in [-0.25, -0.2) is 0 Å². The number of rotatable bonds is 2. The zero-order chi connectivity index (χ0) is 20.7. The molecule has 0 aliphatic heterocycles. The molecule has 0 N–H and O–H groups in total. The Morgan fingerprint density at radius 3 is 2.33 bits per heavy atom. The van der Waals surface area contributed by atoms with Crippen molar-refractivity contribution in [3.8, 4) is 0 Å². The Balaban J connectivity index is 1.35. The predicted molar refractivity (Wildman–Crippen MR) is 123 cm³/mol. The van der Waals surface area contributed by atoms with Crippen molar-refractivity contribution in [3.05, 3.63) is 0 Å². The molecule has 0 aromatic heterocycles. The van der Waals surface area contributed by atoms with Crippen LogP contribution in [0.25, 0.3) is 0 Å². The zero-order valence-corrected chi connectivity index (χ0v) is 20.7. The second-order valence-electron chi connectivity index (χ2n) is 15.3. The first-order chi connectivity index (χ1) is 14.2. The molecular formula is C30H46. The Morgan fingerprint density at radius 1 is 0.867 bits per heavy atom. The summed E-state index contributed by atoms with van der Waals surface area (Å²) in [5.41, 5.74) is 2.78. The summed E-state index contributed by atoms with van der Waals surface area (Å²) < 4.78 is 0. The maximum Gasteiger partial charge on any atom is -0.0114 e. The van der Waals surface area contributed by atoms with E-state index in [4.69, 9.17) is 0 Å². The fourth-order valence-electron chi connectivity index (χ4n) is 15.8. The van der Waals surface area contributed by atoms with Crippen molar-refractivity contribution >= 4 is 0 Å². The average Bonchev–Trinajstić information content (AvgIpc) is 3.50. The Labute approximate surface area is 185 Å². The fourth-order valence-corrected chi connectivity index (χ4v) is 15.8. The molecule has 1 spiro atoms. The van der Waals surface area contributed by atoms with Crippen LogP contribution in [-0.4, -0.2) is 0 Å². The van der Waals surface area contributed by atoms with E-state index in [-0.39, 0.29) is 0 Å². The van der Waals surface area contributed by atoms with Gasteiger partial charge < -0.3 is 0 Å². The van der Waals surface area contributed by atoms with Gasteiger partial charge in [-0.2, -0.15) is 0 Å². The van der Waals surface area contributed by atoms with E-state index in [1.54, 1.807) is 25.7 Å². The van der Waals surface area contributed by atoms with Gasteiger partial charge >= 0.3 is 0 Å². The lowest BCUT2D eigenvalue weighted by molar-refractivity contribution is -0.0918. The highest BCUT2D eigenvalue weighted by molar-refractivity contribution is 5.45. The van der Waals surface area contributed by atoms with Crippen LogP contribution in [0.4, 0.5) is 0 Å². The molecule has 0 amide bonds. The molecule has 0 saturated heterocycles. The van der Waals surface area contributed by atoms with Crippen molar-refractivity contribution in [1.29, 1.82) is 0 Å². The lowest BCUT2D eigenvalue weighted by atomic mass is 9.48. The monoisotopic (exact) mass is 406 g/mol. The maximum atomic E-state index is 2.79. The molecule has 7 bridgehead atoms. The van der Waals surface area contributed by atoms with Crippen molar-refractivity contribution in [1.82, 2.24) is 0 Å². The van der Waals surface area contributed by atoms with E-state index < -0.39 is 0 Å². The minimum Gasteiger partial charge on any atom is -0.0651 e. The molecule has 9 saturated carbocycles. The zero-order valence-electron chi connectivity index (χ0n) is 20.7. The van der Waals surface area contributed by atoms with Gasteiger partial charge in [-0.3, -0.25) is 0 Å². The van der Waals surface area contributed by atoms with Gasteiger partial charge in [0.15, 0.2) is 0 Å². The van der Waals surface area contributed by atoms with Gasteiger partial charge in [0.2, 0.25) is 0 Å². The minimum atomic E-state index is 0.613. The third-order valence-corrected chi connectivity index (χ3v) is 15.9. The van der Waals surface area contributed by atoms with E-state index in [1.807, 2.05) is 0 Å². The van der Waals surface area contributed by atoms with E-state index in [0.717, 1.165) is 87.8 Å². The first-order valence-corrected chi connectivity index (χ1v) is 14.2. The van der Waals surface area contributed by atoms with E-state index in [2.05, 4.69) is 48.5 Å². The van der Waals surface area contributed by atoms with Crippen molar-refractivity contribution in [2.45, 2.75) is 87.0 Å². The Kier molecular flexibility index (Phi) is 2.93. The van der Waals surface area contributed by atoms with Gasteiger partial charge in [0.25, 0.3) is 0 Å². The normalized spacial score (nSPS) is 72.5. The molecular weight excluding hydrogens is 360 g/mol. The average molecular weight is 407 g/mol. The molecule has 16 unspecified atom stereocenters. The summed E-state index contributed by atoms with van der Waals surface area (Å²) >= 11 is 0. The second-order valence-corrected chi connectivity index (χ2v) is 15.3. The second kappa shape index (κ2) is 4.78. The quantitative estimate of drug-likeness (QED) is 0.444. The molecule has 0 heteroatoms. The van der Waals surface area contributed by atoms with Gasteiger partial charge in [0, 0.05) is 0 Å². The first kappa shape index (κ1) is 18.4. The number of hydrogen-bond donors (Lipinski definition) is 0. The van der Waals surface area contributed by atoms with Crippen LogP contribution in [0, 0.1) is 98.6 Å². The summed E-state index contributed by atoms with van der Waals surface area (Å²) in [7, 11) is 0. The van der Waals surface area contributed by atoms with Crippen LogP contribution in [0.15, 0.2) is 0 Å². The topological polar surface area (TPSA) is 0 Å². The highest BCUT2D eigenvalue weighted by Crippen LogP contribution is 3.02. The molecule has 0 radical (unpaired) electrons. The van der Waals surface area contributed by atoms with Crippen LogP contribution in [0.3, 0.4) is 0 Å². The van der Waals surface area contributed by atoms with Crippen LogP contribution >= 0.6 is 0 Å². The van der Waals surface area contributed by atoms with Crippen LogP contribution in [-0.2, 0) is 0 Å². The van der Waals surface area contributed by atoms with E-state index in [9.17, 15) is 0 Å². The lowest BCUT2D eigenvalue weighted by Crippen LogP contribution is -2.52. The van der Waals surface area contributed by atoms with Crippen molar-refractivity contribution in [2.75, 3.05) is 0 Å². The molecule has 9 fully saturated rings. The summed E-state index contributed by atoms with van der Waals surface area (Å²) in [5, 5.41) is 0.